The Morgan fingerprint density at radius 2 is 1.93 bits per heavy atom. The SMILES string of the molecule is Cc1cc([C@@H](C)Nc2ccc(Cl)nc2C(=O)NS(C)(=O)=O)c2nc(N3CCC[C@@H](Oc4cnc(C)cn4)C3)n(C)c(=O)c2c1. The van der Waals surface area contributed by atoms with Crippen molar-refractivity contribution in [2.75, 3.05) is 29.6 Å². The number of piperidine rings is 1. The van der Waals surface area contributed by atoms with Crippen LogP contribution in [-0.2, 0) is 17.1 Å². The molecule has 44 heavy (non-hydrogen) atoms. The number of ether oxygens (including phenoxy) is 1. The second-order valence-corrected chi connectivity index (χ2v) is 13.1. The Kier molecular flexibility index (Phi) is 8.75. The molecule has 0 radical (unpaired) electrons. The van der Waals surface area contributed by atoms with E-state index in [2.05, 4.69) is 20.3 Å². The fourth-order valence-corrected chi connectivity index (χ4v) is 5.82. The van der Waals surface area contributed by atoms with Crippen LogP contribution < -0.4 is 25.2 Å². The maximum absolute atomic E-state index is 13.7. The Morgan fingerprint density at radius 3 is 2.64 bits per heavy atom. The number of anilines is 2. The predicted octanol–water partition coefficient (Wildman–Crippen LogP) is 3.30. The molecule has 2 atom stereocenters. The van der Waals surface area contributed by atoms with E-state index in [1.807, 2.05) is 36.5 Å². The minimum atomic E-state index is -3.84. The van der Waals surface area contributed by atoms with Crippen LogP contribution in [0.4, 0.5) is 11.6 Å². The van der Waals surface area contributed by atoms with Crippen molar-refractivity contribution in [1.82, 2.24) is 29.2 Å². The summed E-state index contributed by atoms with van der Waals surface area (Å²) < 4.78 is 33.0. The quantitative estimate of drug-likeness (QED) is 0.272. The van der Waals surface area contributed by atoms with Crippen molar-refractivity contribution in [3.05, 3.63) is 74.7 Å². The molecule has 13 nitrogen and oxygen atoms in total. The Balaban J connectivity index is 1.49. The van der Waals surface area contributed by atoms with E-state index < -0.39 is 22.0 Å². The molecule has 0 unspecified atom stereocenters. The maximum Gasteiger partial charge on any atom is 0.285 e. The summed E-state index contributed by atoms with van der Waals surface area (Å²) in [6.45, 7) is 6.80. The molecule has 1 aliphatic heterocycles. The van der Waals surface area contributed by atoms with E-state index >= 15 is 0 Å². The molecule has 3 aromatic heterocycles. The summed E-state index contributed by atoms with van der Waals surface area (Å²) >= 11 is 6.03. The number of fused-ring (bicyclic) bond motifs is 1. The molecule has 0 spiro atoms. The van der Waals surface area contributed by atoms with Crippen LogP contribution in [-0.4, -0.2) is 64.3 Å². The molecule has 232 valence electrons. The number of pyridine rings is 1. The predicted molar refractivity (Wildman–Crippen MR) is 168 cm³/mol. The van der Waals surface area contributed by atoms with Gasteiger partial charge in [-0.2, -0.15) is 0 Å². The fourth-order valence-electron chi connectivity index (χ4n) is 5.24. The molecule has 4 heterocycles. The summed E-state index contributed by atoms with van der Waals surface area (Å²) in [5, 5.41) is 3.71. The first-order valence-corrected chi connectivity index (χ1v) is 16.2. The molecule has 1 fully saturated rings. The van der Waals surface area contributed by atoms with Gasteiger partial charge in [-0.15, -0.1) is 0 Å². The van der Waals surface area contributed by atoms with Crippen LogP contribution >= 0.6 is 11.6 Å². The molecular formula is C29H33ClN8O5S. The van der Waals surface area contributed by atoms with Crippen molar-refractivity contribution in [1.29, 1.82) is 0 Å². The number of nitrogens with one attached hydrogen (secondary N) is 2. The van der Waals surface area contributed by atoms with E-state index in [1.54, 1.807) is 36.1 Å². The standard InChI is InChI=1S/C29H33ClN8O5S/c1-16-11-20(18(3)33-22-8-9-23(30)34-26(22)27(39)36-44(5,41)42)25-21(12-16)28(40)37(4)29(35-25)38-10-6-7-19(15-38)43-24-14-31-17(2)13-32-24/h8-9,11-14,18-19,33H,6-7,10,15H2,1-5H3,(H,36,39)/t18-,19-/m1/s1. The molecule has 2 N–H and O–H groups in total. The number of benzene rings is 1. The van der Waals surface area contributed by atoms with Gasteiger partial charge in [0.2, 0.25) is 21.9 Å². The van der Waals surface area contributed by atoms with Gasteiger partial charge >= 0.3 is 0 Å². The third kappa shape index (κ3) is 6.91. The van der Waals surface area contributed by atoms with Crippen molar-refractivity contribution >= 4 is 50.1 Å². The van der Waals surface area contributed by atoms with Gasteiger partial charge in [0.25, 0.3) is 11.5 Å². The van der Waals surface area contributed by atoms with Crippen molar-refractivity contribution in [2.24, 2.45) is 7.05 Å². The van der Waals surface area contributed by atoms with E-state index in [4.69, 9.17) is 21.3 Å². The number of nitrogens with zero attached hydrogens (tertiary/aromatic N) is 6. The molecule has 15 heteroatoms. The van der Waals surface area contributed by atoms with Crippen LogP contribution in [0.25, 0.3) is 10.9 Å². The number of carbonyl (C=O) groups excluding carboxylic acids is 1. The molecule has 1 aromatic carbocycles. The van der Waals surface area contributed by atoms with E-state index in [1.165, 1.54) is 6.07 Å². The van der Waals surface area contributed by atoms with E-state index in [0.717, 1.165) is 30.4 Å². The molecule has 1 amide bonds. The normalized spacial score (nSPS) is 16.0. The summed E-state index contributed by atoms with van der Waals surface area (Å²) in [6, 6.07) is 6.29. The van der Waals surface area contributed by atoms with Gasteiger partial charge in [-0.3, -0.25) is 19.1 Å². The topological polar surface area (TPSA) is 161 Å². The van der Waals surface area contributed by atoms with Gasteiger partial charge in [0.15, 0.2) is 5.69 Å². The van der Waals surface area contributed by atoms with E-state index in [-0.39, 0.29) is 28.2 Å². The average Bonchev–Trinajstić information content (AvgIpc) is 2.96. The monoisotopic (exact) mass is 640 g/mol. The number of carbonyl (C=O) groups is 1. The lowest BCUT2D eigenvalue weighted by Gasteiger charge is -2.34. The first-order valence-electron chi connectivity index (χ1n) is 14.0. The zero-order valence-electron chi connectivity index (χ0n) is 25.0. The van der Waals surface area contributed by atoms with E-state index in [9.17, 15) is 18.0 Å². The fraction of sp³-hybridized carbons (Fsp3) is 0.379. The number of amides is 1. The Hall–Kier alpha value is -4.30. The Labute approximate surface area is 259 Å². The largest absolute Gasteiger partial charge is 0.471 e. The zero-order valence-corrected chi connectivity index (χ0v) is 26.5. The van der Waals surface area contributed by atoms with Gasteiger partial charge in [-0.25, -0.2) is 28.1 Å². The van der Waals surface area contributed by atoms with Gasteiger partial charge in [0.05, 0.1) is 53.5 Å². The number of hydrogen-bond donors (Lipinski definition) is 2. The summed E-state index contributed by atoms with van der Waals surface area (Å²) in [7, 11) is -2.14. The molecular weight excluding hydrogens is 608 g/mol. The minimum absolute atomic E-state index is 0.0240. The third-order valence-electron chi connectivity index (χ3n) is 7.23. The second-order valence-electron chi connectivity index (χ2n) is 10.9. The van der Waals surface area contributed by atoms with Crippen LogP contribution in [0, 0.1) is 13.8 Å². The molecule has 0 bridgehead atoms. The lowest BCUT2D eigenvalue weighted by atomic mass is 10.0. The molecule has 0 saturated carbocycles. The number of rotatable bonds is 8. The summed E-state index contributed by atoms with van der Waals surface area (Å²) in [4.78, 5) is 46.1. The molecule has 1 saturated heterocycles. The van der Waals surface area contributed by atoms with Gasteiger partial charge in [-0.05, 0) is 57.4 Å². The number of aromatic nitrogens is 5. The van der Waals surface area contributed by atoms with Crippen molar-refractivity contribution in [3.63, 3.8) is 0 Å². The van der Waals surface area contributed by atoms with Crippen LogP contribution in [0.1, 0.15) is 53.1 Å². The maximum atomic E-state index is 13.7. The first-order chi connectivity index (χ1) is 20.8. The molecule has 4 aromatic rings. The highest BCUT2D eigenvalue weighted by Crippen LogP contribution is 2.30. The molecule has 0 aliphatic carbocycles. The lowest BCUT2D eigenvalue weighted by Crippen LogP contribution is -2.44. The van der Waals surface area contributed by atoms with Crippen molar-refractivity contribution in [2.45, 2.75) is 45.8 Å². The highest BCUT2D eigenvalue weighted by atomic mass is 35.5. The van der Waals surface area contributed by atoms with Crippen LogP contribution in [0.5, 0.6) is 5.88 Å². The van der Waals surface area contributed by atoms with Crippen LogP contribution in [0.3, 0.4) is 0 Å². The van der Waals surface area contributed by atoms with Gasteiger partial charge in [0.1, 0.15) is 11.3 Å². The molecule has 5 rings (SSSR count). The van der Waals surface area contributed by atoms with Crippen molar-refractivity contribution < 1.29 is 17.9 Å². The van der Waals surface area contributed by atoms with Gasteiger partial charge in [-0.1, -0.05) is 17.7 Å². The molecule has 1 aliphatic rings. The van der Waals surface area contributed by atoms with Gasteiger partial charge < -0.3 is 15.0 Å². The second kappa shape index (κ2) is 12.4. The number of sulfonamides is 1. The van der Waals surface area contributed by atoms with Crippen LogP contribution in [0.2, 0.25) is 5.15 Å². The zero-order chi connectivity index (χ0) is 31.8. The summed E-state index contributed by atoms with van der Waals surface area (Å²) in [6.07, 6.45) is 5.63. The number of aryl methyl sites for hydroxylation is 2. The minimum Gasteiger partial charge on any atom is -0.471 e. The average molecular weight is 641 g/mol. The number of hydrogen-bond acceptors (Lipinski definition) is 11. The van der Waals surface area contributed by atoms with Gasteiger partial charge in [0, 0.05) is 19.2 Å². The summed E-state index contributed by atoms with van der Waals surface area (Å²) in [5.41, 5.74) is 2.74. The lowest BCUT2D eigenvalue weighted by molar-refractivity contribution is 0.0977. The van der Waals surface area contributed by atoms with Crippen LogP contribution in [0.15, 0.2) is 41.5 Å². The highest BCUT2D eigenvalue weighted by Gasteiger charge is 2.27. The first kappa shape index (κ1) is 31.1. The highest BCUT2D eigenvalue weighted by molar-refractivity contribution is 7.89. The van der Waals surface area contributed by atoms with E-state index in [0.29, 0.717) is 41.4 Å². The Bertz CT molecular complexity index is 1900. The number of halogens is 1. The summed E-state index contributed by atoms with van der Waals surface area (Å²) in [5.74, 6) is 0.0257. The third-order valence-corrected chi connectivity index (χ3v) is 8.00. The van der Waals surface area contributed by atoms with Crippen molar-refractivity contribution in [3.8, 4) is 5.88 Å². The smallest absolute Gasteiger partial charge is 0.285 e. The Morgan fingerprint density at radius 1 is 1.16 bits per heavy atom.